The Balaban J connectivity index is 1.72. The van der Waals surface area contributed by atoms with E-state index in [0.29, 0.717) is 24.0 Å². The summed E-state index contributed by atoms with van der Waals surface area (Å²) < 4.78 is 21.1. The van der Waals surface area contributed by atoms with Crippen LogP contribution in [0, 0.1) is 17.1 Å². The highest BCUT2D eigenvalue weighted by molar-refractivity contribution is 5.89. The third-order valence-corrected chi connectivity index (χ3v) is 5.51. The van der Waals surface area contributed by atoms with E-state index in [2.05, 4.69) is 9.88 Å². The first-order valence-electron chi connectivity index (χ1n) is 10.2. The highest BCUT2D eigenvalue weighted by Gasteiger charge is 2.32. The van der Waals surface area contributed by atoms with Crippen LogP contribution in [0.5, 0.6) is 0 Å². The van der Waals surface area contributed by atoms with Crippen molar-refractivity contribution in [3.05, 3.63) is 71.7 Å². The molecule has 1 aliphatic rings. The zero-order valence-electron chi connectivity index (χ0n) is 17.3. The number of rotatable bonds is 5. The molecule has 0 aliphatic carbocycles. The third kappa shape index (κ3) is 4.35. The first kappa shape index (κ1) is 20.8. The normalized spacial score (nSPS) is 15.5. The highest BCUT2D eigenvalue weighted by Crippen LogP contribution is 2.34. The molecule has 2 heterocycles. The second-order valence-corrected chi connectivity index (χ2v) is 7.62. The lowest BCUT2D eigenvalue weighted by molar-refractivity contribution is -0.145. The summed E-state index contributed by atoms with van der Waals surface area (Å²) in [5, 5.41) is 10.2. The second kappa shape index (κ2) is 9.11. The Morgan fingerprint density at radius 3 is 2.52 bits per heavy atom. The maximum Gasteiger partial charge on any atom is 0.329 e. The molecule has 4 rings (SSSR count). The number of pyridine rings is 1. The van der Waals surface area contributed by atoms with E-state index in [-0.39, 0.29) is 18.0 Å². The van der Waals surface area contributed by atoms with Crippen molar-refractivity contribution in [2.45, 2.75) is 12.5 Å². The number of carbonyl (C=O) groups is 1. The van der Waals surface area contributed by atoms with Crippen LogP contribution >= 0.6 is 0 Å². The third-order valence-electron chi connectivity index (χ3n) is 5.51. The van der Waals surface area contributed by atoms with Crippen molar-refractivity contribution in [2.75, 3.05) is 38.1 Å². The Bertz CT molecular complexity index is 1120. The Morgan fingerprint density at radius 1 is 1.13 bits per heavy atom. The maximum absolute atomic E-state index is 15.7. The topological polar surface area (TPSA) is 69.5 Å². The van der Waals surface area contributed by atoms with Crippen LogP contribution in [0.4, 0.5) is 10.1 Å². The SMILES string of the molecule is CN1CCN(c2c(C(C#N)C(=O)OCc3ccccc3)nc3ccccc3c2F)CC1. The van der Waals surface area contributed by atoms with Gasteiger partial charge in [0.1, 0.15) is 6.61 Å². The zero-order chi connectivity index (χ0) is 21.8. The van der Waals surface area contributed by atoms with Crippen LogP contribution in [0.25, 0.3) is 10.9 Å². The fourth-order valence-electron chi connectivity index (χ4n) is 3.75. The minimum Gasteiger partial charge on any atom is -0.460 e. The van der Waals surface area contributed by atoms with Crippen molar-refractivity contribution in [3.63, 3.8) is 0 Å². The summed E-state index contributed by atoms with van der Waals surface area (Å²) in [7, 11) is 2.01. The average Bonchev–Trinajstić information content (AvgIpc) is 2.80. The van der Waals surface area contributed by atoms with Crippen LogP contribution in [-0.4, -0.2) is 49.1 Å². The molecule has 1 fully saturated rings. The van der Waals surface area contributed by atoms with Gasteiger partial charge in [-0.25, -0.2) is 9.37 Å². The fourth-order valence-corrected chi connectivity index (χ4v) is 3.75. The fraction of sp³-hybridized carbons (Fsp3) is 0.292. The number of nitriles is 1. The number of nitrogens with zero attached hydrogens (tertiary/aromatic N) is 4. The lowest BCUT2D eigenvalue weighted by atomic mass is 10.0. The second-order valence-electron chi connectivity index (χ2n) is 7.62. The molecule has 2 aromatic carbocycles. The number of anilines is 1. The zero-order valence-corrected chi connectivity index (χ0v) is 17.3. The molecular formula is C24H23FN4O2. The van der Waals surface area contributed by atoms with Crippen LogP contribution in [-0.2, 0) is 16.1 Å². The molecule has 158 valence electrons. The molecular weight excluding hydrogens is 395 g/mol. The summed E-state index contributed by atoms with van der Waals surface area (Å²) in [5.41, 5.74) is 1.55. The van der Waals surface area contributed by atoms with Gasteiger partial charge in [-0.15, -0.1) is 0 Å². The van der Waals surface area contributed by atoms with Crippen LogP contribution in [0.3, 0.4) is 0 Å². The molecule has 0 bridgehead atoms. The number of aromatic nitrogens is 1. The van der Waals surface area contributed by atoms with Gasteiger partial charge >= 0.3 is 5.97 Å². The van der Waals surface area contributed by atoms with Crippen molar-refractivity contribution >= 4 is 22.6 Å². The van der Waals surface area contributed by atoms with Gasteiger partial charge in [0.2, 0.25) is 0 Å². The number of likely N-dealkylation sites (N-methyl/N-ethyl adjacent to an activating group) is 1. The molecule has 1 saturated heterocycles. The number of piperazine rings is 1. The van der Waals surface area contributed by atoms with Gasteiger partial charge < -0.3 is 14.5 Å². The predicted molar refractivity (Wildman–Crippen MR) is 116 cm³/mol. The molecule has 7 heteroatoms. The largest absolute Gasteiger partial charge is 0.460 e. The van der Waals surface area contributed by atoms with Gasteiger partial charge in [0.15, 0.2) is 11.7 Å². The monoisotopic (exact) mass is 418 g/mol. The Morgan fingerprint density at radius 2 is 1.81 bits per heavy atom. The van der Waals surface area contributed by atoms with Crippen molar-refractivity contribution in [2.24, 2.45) is 0 Å². The molecule has 0 radical (unpaired) electrons. The quantitative estimate of drug-likeness (QED) is 0.591. The van der Waals surface area contributed by atoms with Gasteiger partial charge in [0, 0.05) is 31.6 Å². The summed E-state index contributed by atoms with van der Waals surface area (Å²) in [4.78, 5) is 21.4. The van der Waals surface area contributed by atoms with E-state index < -0.39 is 17.7 Å². The summed E-state index contributed by atoms with van der Waals surface area (Å²) >= 11 is 0. The smallest absolute Gasteiger partial charge is 0.329 e. The minimum absolute atomic E-state index is 0.0394. The van der Waals surface area contributed by atoms with Crippen LogP contribution < -0.4 is 4.90 Å². The van der Waals surface area contributed by atoms with Crippen LogP contribution in [0.2, 0.25) is 0 Å². The highest BCUT2D eigenvalue weighted by atomic mass is 19.1. The number of hydrogen-bond donors (Lipinski definition) is 0. The molecule has 1 atom stereocenters. The first-order valence-corrected chi connectivity index (χ1v) is 10.2. The van der Waals surface area contributed by atoms with Gasteiger partial charge in [-0.1, -0.05) is 42.5 Å². The average molecular weight is 418 g/mol. The molecule has 6 nitrogen and oxygen atoms in total. The van der Waals surface area contributed by atoms with E-state index in [1.54, 1.807) is 24.3 Å². The van der Waals surface area contributed by atoms with E-state index in [1.807, 2.05) is 48.3 Å². The summed E-state index contributed by atoms with van der Waals surface area (Å²) in [5.74, 6) is -2.51. The van der Waals surface area contributed by atoms with E-state index in [9.17, 15) is 10.1 Å². The molecule has 1 aliphatic heterocycles. The van der Waals surface area contributed by atoms with Crippen LogP contribution in [0.1, 0.15) is 17.2 Å². The standard InChI is InChI=1S/C24H23FN4O2/c1-28-11-13-29(14-12-28)23-21(25)18-9-5-6-10-20(18)27-22(23)19(15-26)24(30)31-16-17-7-3-2-4-8-17/h2-10,19H,11-14,16H2,1H3. The van der Waals surface area contributed by atoms with Gasteiger partial charge in [-0.3, -0.25) is 4.79 Å². The number of esters is 1. The number of benzene rings is 2. The number of halogens is 1. The van der Waals surface area contributed by atoms with Crippen LogP contribution in [0.15, 0.2) is 54.6 Å². The summed E-state index contributed by atoms with van der Waals surface area (Å²) in [6.45, 7) is 2.70. The number of hydrogen-bond acceptors (Lipinski definition) is 6. The molecule has 1 unspecified atom stereocenters. The van der Waals surface area contributed by atoms with E-state index in [0.717, 1.165) is 18.7 Å². The first-order chi connectivity index (χ1) is 15.1. The lowest BCUT2D eigenvalue weighted by Gasteiger charge is -2.35. The number of ether oxygens (including phenoxy) is 1. The lowest BCUT2D eigenvalue weighted by Crippen LogP contribution is -2.45. The number of fused-ring (bicyclic) bond motifs is 1. The molecule has 1 aromatic heterocycles. The van der Waals surface area contributed by atoms with E-state index >= 15 is 4.39 Å². The van der Waals surface area contributed by atoms with Crippen molar-refractivity contribution < 1.29 is 13.9 Å². The minimum atomic E-state index is -1.32. The molecule has 0 N–H and O–H groups in total. The Hall–Kier alpha value is -3.50. The molecule has 0 saturated carbocycles. The van der Waals surface area contributed by atoms with Crippen molar-refractivity contribution in [1.82, 2.24) is 9.88 Å². The maximum atomic E-state index is 15.7. The van der Waals surface area contributed by atoms with Gasteiger partial charge in [0.05, 0.1) is 23.0 Å². The van der Waals surface area contributed by atoms with E-state index in [4.69, 9.17) is 4.74 Å². The van der Waals surface area contributed by atoms with Gasteiger partial charge in [-0.2, -0.15) is 5.26 Å². The van der Waals surface area contributed by atoms with E-state index in [1.165, 1.54) is 0 Å². The molecule has 0 spiro atoms. The summed E-state index contributed by atoms with van der Waals surface area (Å²) in [6.07, 6.45) is 0. The van der Waals surface area contributed by atoms with Gasteiger partial charge in [-0.05, 0) is 24.7 Å². The number of carbonyl (C=O) groups excluding carboxylic acids is 1. The molecule has 3 aromatic rings. The van der Waals surface area contributed by atoms with Crippen molar-refractivity contribution in [3.8, 4) is 6.07 Å². The summed E-state index contributed by atoms with van der Waals surface area (Å²) in [6, 6.07) is 18.1. The molecule has 31 heavy (non-hydrogen) atoms. The molecule has 0 amide bonds. The number of para-hydroxylation sites is 1. The van der Waals surface area contributed by atoms with Gasteiger partial charge in [0.25, 0.3) is 0 Å². The Labute approximate surface area is 180 Å². The predicted octanol–water partition coefficient (Wildman–Crippen LogP) is 3.48. The Kier molecular flexibility index (Phi) is 6.10. The van der Waals surface area contributed by atoms with Crippen molar-refractivity contribution in [1.29, 1.82) is 5.26 Å².